The molecule has 5 rings (SSSR count). The number of carbonyl (C=O) groups excluding carboxylic acids is 1. The van der Waals surface area contributed by atoms with Gasteiger partial charge in [-0.1, -0.05) is 12.6 Å². The van der Waals surface area contributed by atoms with Crippen LogP contribution in [-0.2, 0) is 4.79 Å². The third-order valence-corrected chi connectivity index (χ3v) is 7.72. The molecule has 12 heteroatoms. The van der Waals surface area contributed by atoms with Crippen molar-refractivity contribution in [2.75, 3.05) is 44.7 Å². The molecule has 10 nitrogen and oxygen atoms in total. The number of phenols is 1. The minimum atomic E-state index is -1.08. The standard InChI is InChI=1S/C29H31F2N7O3/c1-18(30)28(40)38-15-14-37(17-20(38)10-12-32)27-21-8-9-23(25-22(31)6-3-7-24(25)39)33-26(21)34-29(35-27)41-16-11-19-5-4-13-36(19)2/h3,6-9,19-20,39H,1,4-5,10-11,13-17H2,2H3/t19-,20-/m0/s1. The van der Waals surface area contributed by atoms with Gasteiger partial charge in [0.2, 0.25) is 0 Å². The summed E-state index contributed by atoms with van der Waals surface area (Å²) in [6.45, 7) is 5.20. The van der Waals surface area contributed by atoms with E-state index in [1.54, 1.807) is 12.1 Å². The van der Waals surface area contributed by atoms with E-state index in [0.717, 1.165) is 25.8 Å². The fourth-order valence-electron chi connectivity index (χ4n) is 5.57. The van der Waals surface area contributed by atoms with Crippen LogP contribution in [0.15, 0.2) is 42.7 Å². The van der Waals surface area contributed by atoms with E-state index >= 15 is 0 Å². The summed E-state index contributed by atoms with van der Waals surface area (Å²) in [5.74, 6) is -2.33. The van der Waals surface area contributed by atoms with Gasteiger partial charge in [-0.05, 0) is 57.1 Å². The summed E-state index contributed by atoms with van der Waals surface area (Å²) in [5, 5.41) is 20.2. The number of amides is 1. The molecular weight excluding hydrogens is 532 g/mol. The van der Waals surface area contributed by atoms with Gasteiger partial charge in [-0.15, -0.1) is 0 Å². The smallest absolute Gasteiger partial charge is 0.320 e. The lowest BCUT2D eigenvalue weighted by molar-refractivity contribution is -0.131. The number of ether oxygens (including phenoxy) is 1. The monoisotopic (exact) mass is 563 g/mol. The first-order valence-electron chi connectivity index (χ1n) is 13.5. The number of aromatic hydroxyl groups is 1. The Balaban J connectivity index is 1.50. The number of hydrogen-bond donors (Lipinski definition) is 1. The van der Waals surface area contributed by atoms with E-state index in [-0.39, 0.29) is 48.2 Å². The number of likely N-dealkylation sites (tertiary alicyclic amines) is 1. The Morgan fingerprint density at radius 3 is 2.73 bits per heavy atom. The average molecular weight is 564 g/mol. The highest BCUT2D eigenvalue weighted by atomic mass is 19.1. The third kappa shape index (κ3) is 5.90. The van der Waals surface area contributed by atoms with E-state index in [2.05, 4.69) is 39.5 Å². The summed E-state index contributed by atoms with van der Waals surface area (Å²) in [4.78, 5) is 31.6. The van der Waals surface area contributed by atoms with Crippen LogP contribution < -0.4 is 9.64 Å². The lowest BCUT2D eigenvalue weighted by Crippen LogP contribution is -2.55. The molecular formula is C29H31F2N7O3. The highest BCUT2D eigenvalue weighted by Crippen LogP contribution is 2.34. The second-order valence-corrected chi connectivity index (χ2v) is 10.3. The van der Waals surface area contributed by atoms with E-state index in [9.17, 15) is 23.9 Å². The number of halogens is 2. The van der Waals surface area contributed by atoms with Crippen LogP contribution in [0.2, 0.25) is 0 Å². The van der Waals surface area contributed by atoms with Crippen LogP contribution in [0, 0.1) is 17.1 Å². The SMILES string of the molecule is C=C(F)C(=O)N1CCN(c2nc(OCC[C@@H]3CCCN3C)nc3nc(-c4c(O)cccc4F)ccc23)C[C@@H]1CC#N. The summed E-state index contributed by atoms with van der Waals surface area (Å²) in [6.07, 6.45) is 3.02. The van der Waals surface area contributed by atoms with E-state index in [1.165, 1.54) is 23.1 Å². The highest BCUT2D eigenvalue weighted by Gasteiger charge is 2.33. The van der Waals surface area contributed by atoms with Crippen LogP contribution >= 0.6 is 0 Å². The first-order chi connectivity index (χ1) is 19.8. The van der Waals surface area contributed by atoms with E-state index in [0.29, 0.717) is 30.4 Å². The maximum atomic E-state index is 14.6. The Morgan fingerprint density at radius 2 is 2.02 bits per heavy atom. The molecule has 4 heterocycles. The van der Waals surface area contributed by atoms with Crippen molar-refractivity contribution in [2.45, 2.75) is 37.8 Å². The number of hydrogen-bond acceptors (Lipinski definition) is 9. The maximum absolute atomic E-state index is 14.6. The molecule has 1 aromatic carbocycles. The zero-order chi connectivity index (χ0) is 29.1. The van der Waals surface area contributed by atoms with Gasteiger partial charge in [0.1, 0.15) is 17.4 Å². The van der Waals surface area contributed by atoms with Gasteiger partial charge < -0.3 is 24.5 Å². The fraction of sp³-hybridized carbons (Fsp3) is 0.414. The Kier molecular flexibility index (Phi) is 8.26. The van der Waals surface area contributed by atoms with Crippen LogP contribution in [0.25, 0.3) is 22.3 Å². The molecule has 2 atom stereocenters. The van der Waals surface area contributed by atoms with Gasteiger partial charge in [0.25, 0.3) is 5.91 Å². The van der Waals surface area contributed by atoms with E-state index < -0.39 is 23.6 Å². The molecule has 0 aliphatic carbocycles. The van der Waals surface area contributed by atoms with Crippen molar-refractivity contribution in [1.82, 2.24) is 24.8 Å². The molecule has 2 saturated heterocycles. The van der Waals surface area contributed by atoms with Gasteiger partial charge in [-0.2, -0.15) is 15.2 Å². The lowest BCUT2D eigenvalue weighted by atomic mass is 10.1. The molecule has 2 fully saturated rings. The number of carbonyl (C=O) groups is 1. The van der Waals surface area contributed by atoms with Crippen molar-refractivity contribution >= 4 is 22.8 Å². The first-order valence-corrected chi connectivity index (χ1v) is 13.5. The molecule has 0 unspecified atom stereocenters. The summed E-state index contributed by atoms with van der Waals surface area (Å²) < 4.78 is 34.3. The number of anilines is 1. The minimum Gasteiger partial charge on any atom is -0.507 e. The van der Waals surface area contributed by atoms with Crippen molar-refractivity contribution in [1.29, 1.82) is 5.26 Å². The van der Waals surface area contributed by atoms with Gasteiger partial charge in [0.15, 0.2) is 11.5 Å². The number of fused-ring (bicyclic) bond motifs is 1. The molecule has 0 radical (unpaired) electrons. The van der Waals surface area contributed by atoms with Gasteiger partial charge in [0.05, 0.1) is 41.8 Å². The van der Waals surface area contributed by atoms with Crippen LogP contribution in [0.5, 0.6) is 11.8 Å². The van der Waals surface area contributed by atoms with E-state index in [1.807, 2.05) is 4.90 Å². The predicted octanol–water partition coefficient (Wildman–Crippen LogP) is 3.81. The number of phenolic OH excluding ortho intramolecular Hbond substituents is 1. The zero-order valence-electron chi connectivity index (χ0n) is 22.8. The summed E-state index contributed by atoms with van der Waals surface area (Å²) in [7, 11) is 2.09. The second-order valence-electron chi connectivity index (χ2n) is 10.3. The number of benzene rings is 1. The van der Waals surface area contributed by atoms with Crippen molar-refractivity contribution in [3.05, 3.63) is 48.6 Å². The van der Waals surface area contributed by atoms with Crippen molar-refractivity contribution in [2.24, 2.45) is 0 Å². The number of aromatic nitrogens is 3. The quantitative estimate of drug-likeness (QED) is 0.408. The molecule has 0 bridgehead atoms. The number of nitriles is 1. The molecule has 2 aromatic heterocycles. The Morgan fingerprint density at radius 1 is 1.20 bits per heavy atom. The van der Waals surface area contributed by atoms with E-state index in [4.69, 9.17) is 4.74 Å². The number of nitrogens with zero attached hydrogens (tertiary/aromatic N) is 7. The lowest BCUT2D eigenvalue weighted by Gasteiger charge is -2.41. The van der Waals surface area contributed by atoms with Crippen LogP contribution in [0.1, 0.15) is 25.7 Å². The molecule has 3 aromatic rings. The molecule has 0 spiro atoms. The first kappa shape index (κ1) is 28.2. The van der Waals surface area contributed by atoms with Crippen LogP contribution in [-0.4, -0.2) is 87.7 Å². The molecule has 1 N–H and O–H groups in total. The molecule has 2 aliphatic rings. The van der Waals surface area contributed by atoms with Gasteiger partial charge >= 0.3 is 6.01 Å². The molecule has 1 amide bonds. The van der Waals surface area contributed by atoms with Crippen molar-refractivity contribution in [3.8, 4) is 29.1 Å². The van der Waals surface area contributed by atoms with Crippen molar-refractivity contribution < 1.29 is 23.4 Å². The number of piperazine rings is 1. The van der Waals surface area contributed by atoms with Gasteiger partial charge in [0, 0.05) is 25.7 Å². The summed E-state index contributed by atoms with van der Waals surface area (Å²) in [5.41, 5.74) is 0.375. The molecule has 41 heavy (non-hydrogen) atoms. The predicted molar refractivity (Wildman–Crippen MR) is 148 cm³/mol. The Labute approximate surface area is 236 Å². The number of rotatable bonds is 8. The molecule has 2 aliphatic heterocycles. The number of pyridine rings is 1. The Hall–Kier alpha value is -4.37. The van der Waals surface area contributed by atoms with Gasteiger partial charge in [-0.25, -0.2) is 13.8 Å². The highest BCUT2D eigenvalue weighted by molar-refractivity contribution is 5.92. The Bertz CT molecular complexity index is 1490. The maximum Gasteiger partial charge on any atom is 0.320 e. The fourth-order valence-corrected chi connectivity index (χ4v) is 5.57. The third-order valence-electron chi connectivity index (χ3n) is 7.72. The summed E-state index contributed by atoms with van der Waals surface area (Å²) in [6, 6.07) is 9.26. The molecule has 214 valence electrons. The van der Waals surface area contributed by atoms with Gasteiger partial charge in [-0.3, -0.25) is 4.79 Å². The largest absolute Gasteiger partial charge is 0.507 e. The minimum absolute atomic E-state index is 0.00818. The molecule has 0 saturated carbocycles. The second kappa shape index (κ2) is 12.0. The van der Waals surface area contributed by atoms with Crippen LogP contribution in [0.3, 0.4) is 0 Å². The van der Waals surface area contributed by atoms with Crippen molar-refractivity contribution in [3.63, 3.8) is 0 Å². The van der Waals surface area contributed by atoms with Crippen LogP contribution in [0.4, 0.5) is 14.6 Å². The topological polar surface area (TPSA) is 119 Å². The normalized spacial score (nSPS) is 19.4. The average Bonchev–Trinajstić information content (AvgIpc) is 3.36. The summed E-state index contributed by atoms with van der Waals surface area (Å²) >= 11 is 0. The zero-order valence-corrected chi connectivity index (χ0v) is 22.8.